The summed E-state index contributed by atoms with van der Waals surface area (Å²) in [7, 11) is 0. The molecule has 1 rings (SSSR count). The number of nitrogens with one attached hydrogen (secondary N) is 1. The van der Waals surface area contributed by atoms with Crippen molar-refractivity contribution in [2.45, 2.75) is 51.0 Å². The zero-order chi connectivity index (χ0) is 15.0. The van der Waals surface area contributed by atoms with Crippen LogP contribution in [0.4, 0.5) is 4.39 Å². The molecule has 1 aromatic rings. The first-order valence-corrected chi connectivity index (χ1v) is 8.14. The molecule has 0 saturated heterocycles. The van der Waals surface area contributed by atoms with Gasteiger partial charge in [-0.3, -0.25) is 4.79 Å². The molecule has 0 bridgehead atoms. The third-order valence-electron chi connectivity index (χ3n) is 3.01. The topological polar surface area (TPSA) is 29.1 Å². The number of rotatable bonds is 8. The van der Waals surface area contributed by atoms with Gasteiger partial charge in [0.05, 0.1) is 0 Å². The Morgan fingerprint density at radius 2 is 1.95 bits per heavy atom. The van der Waals surface area contributed by atoms with Crippen LogP contribution in [-0.4, -0.2) is 17.7 Å². The molecule has 0 aliphatic rings. The van der Waals surface area contributed by atoms with Gasteiger partial charge in [0, 0.05) is 23.1 Å². The van der Waals surface area contributed by atoms with E-state index in [0.717, 1.165) is 12.8 Å². The number of halogens is 1. The fraction of sp³-hybridized carbons (Fsp3) is 0.562. The molecule has 0 aliphatic heterocycles. The van der Waals surface area contributed by atoms with Gasteiger partial charge in [-0.25, -0.2) is 4.39 Å². The molecule has 0 heterocycles. The molecule has 1 aromatic carbocycles. The van der Waals surface area contributed by atoms with E-state index in [2.05, 4.69) is 19.2 Å². The second-order valence-corrected chi connectivity index (χ2v) is 6.61. The molecule has 1 atom stereocenters. The van der Waals surface area contributed by atoms with Crippen molar-refractivity contribution < 1.29 is 9.18 Å². The highest BCUT2D eigenvalue weighted by Gasteiger charge is 2.09. The van der Waals surface area contributed by atoms with Gasteiger partial charge >= 0.3 is 0 Å². The third kappa shape index (κ3) is 6.94. The lowest BCUT2D eigenvalue weighted by atomic mass is 10.0. The largest absolute Gasteiger partial charge is 0.354 e. The summed E-state index contributed by atoms with van der Waals surface area (Å²) in [6.45, 7) is 6.39. The first-order chi connectivity index (χ1) is 9.49. The van der Waals surface area contributed by atoms with Crippen molar-refractivity contribution in [2.24, 2.45) is 5.92 Å². The van der Waals surface area contributed by atoms with Crippen molar-refractivity contribution in [3.8, 4) is 0 Å². The lowest BCUT2D eigenvalue weighted by Gasteiger charge is -2.15. The molecule has 2 nitrogen and oxygen atoms in total. The zero-order valence-corrected chi connectivity index (χ0v) is 13.3. The van der Waals surface area contributed by atoms with Gasteiger partial charge < -0.3 is 5.32 Å². The van der Waals surface area contributed by atoms with Crippen molar-refractivity contribution in [3.63, 3.8) is 0 Å². The van der Waals surface area contributed by atoms with E-state index in [9.17, 15) is 9.18 Å². The average Bonchev–Trinajstić information content (AvgIpc) is 2.38. The van der Waals surface area contributed by atoms with Crippen LogP contribution in [0.15, 0.2) is 29.2 Å². The smallest absolute Gasteiger partial charge is 0.221 e. The van der Waals surface area contributed by atoms with E-state index in [1.165, 1.54) is 17.8 Å². The van der Waals surface area contributed by atoms with Crippen molar-refractivity contribution in [3.05, 3.63) is 30.1 Å². The first kappa shape index (κ1) is 17.0. The lowest BCUT2D eigenvalue weighted by molar-refractivity contribution is -0.121. The maximum Gasteiger partial charge on any atom is 0.221 e. The minimum atomic E-state index is -0.219. The molecular formula is C16H24FNOS. The van der Waals surface area contributed by atoms with E-state index in [1.54, 1.807) is 18.2 Å². The Hall–Kier alpha value is -1.03. The molecule has 112 valence electrons. The standard InChI is InChI=1S/C16H24FNOS/c1-12(2)8-9-13(3)18-16(19)10-11-20-15-7-5-4-6-14(15)17/h4-7,12-13H,8-11H2,1-3H3,(H,18,19). The number of carbonyl (C=O) groups is 1. The van der Waals surface area contributed by atoms with E-state index in [4.69, 9.17) is 0 Å². The van der Waals surface area contributed by atoms with Gasteiger partial charge in [0.25, 0.3) is 0 Å². The Balaban J connectivity index is 2.22. The maximum atomic E-state index is 13.4. The van der Waals surface area contributed by atoms with Crippen molar-refractivity contribution in [1.29, 1.82) is 0 Å². The van der Waals surface area contributed by atoms with Gasteiger partial charge in [-0.05, 0) is 37.8 Å². The van der Waals surface area contributed by atoms with E-state index in [0.29, 0.717) is 23.0 Å². The molecule has 1 unspecified atom stereocenters. The Kier molecular flexibility index (Phi) is 7.67. The minimum absolute atomic E-state index is 0.0464. The molecule has 1 amide bonds. The number of hydrogen-bond acceptors (Lipinski definition) is 2. The molecule has 4 heteroatoms. The van der Waals surface area contributed by atoms with Crippen molar-refractivity contribution in [1.82, 2.24) is 5.32 Å². The van der Waals surface area contributed by atoms with Crippen LogP contribution in [0, 0.1) is 11.7 Å². The highest BCUT2D eigenvalue weighted by molar-refractivity contribution is 7.99. The van der Waals surface area contributed by atoms with Crippen molar-refractivity contribution in [2.75, 3.05) is 5.75 Å². The summed E-state index contributed by atoms with van der Waals surface area (Å²) in [5.74, 6) is 1.09. The van der Waals surface area contributed by atoms with Crippen LogP contribution in [0.25, 0.3) is 0 Å². The zero-order valence-electron chi connectivity index (χ0n) is 12.5. The maximum absolute atomic E-state index is 13.4. The fourth-order valence-electron chi connectivity index (χ4n) is 1.82. The number of amides is 1. The number of thioether (sulfide) groups is 1. The van der Waals surface area contributed by atoms with Crippen LogP contribution >= 0.6 is 11.8 Å². The Bertz CT molecular complexity index is 423. The van der Waals surface area contributed by atoms with E-state index >= 15 is 0 Å². The molecular weight excluding hydrogens is 273 g/mol. The highest BCUT2D eigenvalue weighted by Crippen LogP contribution is 2.21. The number of carbonyl (C=O) groups excluding carboxylic acids is 1. The Morgan fingerprint density at radius 3 is 2.60 bits per heavy atom. The summed E-state index contributed by atoms with van der Waals surface area (Å²) in [5, 5.41) is 2.99. The Morgan fingerprint density at radius 1 is 1.25 bits per heavy atom. The summed E-state index contributed by atoms with van der Waals surface area (Å²) in [5.41, 5.74) is 0. The van der Waals surface area contributed by atoms with Crippen LogP contribution < -0.4 is 5.32 Å². The summed E-state index contributed by atoms with van der Waals surface area (Å²) in [4.78, 5) is 12.4. The Labute approximate surface area is 125 Å². The highest BCUT2D eigenvalue weighted by atomic mass is 32.2. The van der Waals surface area contributed by atoms with Crippen LogP contribution in [0.2, 0.25) is 0 Å². The monoisotopic (exact) mass is 297 g/mol. The third-order valence-corrected chi connectivity index (χ3v) is 4.06. The quantitative estimate of drug-likeness (QED) is 0.727. The lowest BCUT2D eigenvalue weighted by Crippen LogP contribution is -2.32. The van der Waals surface area contributed by atoms with Gasteiger partial charge in [-0.2, -0.15) is 0 Å². The summed E-state index contributed by atoms with van der Waals surface area (Å²) in [6, 6.07) is 6.87. The first-order valence-electron chi connectivity index (χ1n) is 7.15. The molecule has 0 aliphatic carbocycles. The number of benzene rings is 1. The van der Waals surface area contributed by atoms with Crippen LogP contribution in [0.3, 0.4) is 0 Å². The van der Waals surface area contributed by atoms with Gasteiger partial charge in [0.15, 0.2) is 0 Å². The predicted octanol–water partition coefficient (Wildman–Crippen LogP) is 4.25. The van der Waals surface area contributed by atoms with Crippen LogP contribution in [0.1, 0.15) is 40.0 Å². The molecule has 20 heavy (non-hydrogen) atoms. The van der Waals surface area contributed by atoms with Gasteiger partial charge in [0.1, 0.15) is 5.82 Å². The fourth-order valence-corrected chi connectivity index (χ4v) is 2.71. The molecule has 0 radical (unpaired) electrons. The summed E-state index contributed by atoms with van der Waals surface area (Å²) < 4.78 is 13.4. The molecule has 0 saturated carbocycles. The van der Waals surface area contributed by atoms with E-state index in [-0.39, 0.29) is 17.8 Å². The summed E-state index contributed by atoms with van der Waals surface area (Å²) >= 11 is 1.38. The number of hydrogen-bond donors (Lipinski definition) is 1. The van der Waals surface area contributed by atoms with Crippen molar-refractivity contribution >= 4 is 17.7 Å². The summed E-state index contributed by atoms with van der Waals surface area (Å²) in [6.07, 6.45) is 2.54. The predicted molar refractivity (Wildman–Crippen MR) is 83.4 cm³/mol. The average molecular weight is 297 g/mol. The molecule has 0 aromatic heterocycles. The molecule has 0 spiro atoms. The van der Waals surface area contributed by atoms with Crippen LogP contribution in [0.5, 0.6) is 0 Å². The van der Waals surface area contributed by atoms with E-state index < -0.39 is 0 Å². The van der Waals surface area contributed by atoms with E-state index in [1.807, 2.05) is 6.92 Å². The second kappa shape index (κ2) is 9.01. The second-order valence-electron chi connectivity index (χ2n) is 5.47. The molecule has 1 N–H and O–H groups in total. The normalized spacial score (nSPS) is 12.4. The van der Waals surface area contributed by atoms with Gasteiger partial charge in [-0.1, -0.05) is 26.0 Å². The SMILES string of the molecule is CC(C)CCC(C)NC(=O)CCSc1ccccc1F. The van der Waals surface area contributed by atoms with Gasteiger partial charge in [-0.15, -0.1) is 11.8 Å². The molecule has 0 fully saturated rings. The van der Waals surface area contributed by atoms with Gasteiger partial charge in [0.2, 0.25) is 5.91 Å². The minimum Gasteiger partial charge on any atom is -0.354 e. The van der Waals surface area contributed by atoms with Crippen LogP contribution in [-0.2, 0) is 4.79 Å².